The Morgan fingerprint density at radius 3 is 2.53 bits per heavy atom. The third-order valence-corrected chi connectivity index (χ3v) is 7.34. The summed E-state index contributed by atoms with van der Waals surface area (Å²) >= 11 is 13.5. The minimum Gasteiger partial charge on any atom is -0.342 e. The number of anilines is 1. The molecule has 10 heteroatoms. The highest BCUT2D eigenvalue weighted by Crippen LogP contribution is 2.27. The number of amides is 2. The summed E-state index contributed by atoms with van der Waals surface area (Å²) in [5, 5.41) is 18.1. The Hall–Kier alpha value is -3.33. The number of carbonyl (C=O) groups is 2. The second kappa shape index (κ2) is 12.5. The first kappa shape index (κ1) is 27.7. The van der Waals surface area contributed by atoms with Crippen molar-refractivity contribution in [1.29, 1.82) is 0 Å². The lowest BCUT2D eigenvalue weighted by molar-refractivity contribution is -0.113. The lowest BCUT2D eigenvalue weighted by Gasteiger charge is -2.23. The van der Waals surface area contributed by atoms with Crippen molar-refractivity contribution in [3.63, 3.8) is 0 Å². The number of hydrogen-bond donors (Lipinski definition) is 2. The first-order chi connectivity index (χ1) is 18.3. The number of nitrogens with one attached hydrogen (secondary N) is 2. The van der Waals surface area contributed by atoms with Gasteiger partial charge in [-0.15, -0.1) is 16.8 Å². The number of thioether (sulfide) groups is 1. The molecule has 0 radical (unpaired) electrons. The van der Waals surface area contributed by atoms with Crippen molar-refractivity contribution >= 4 is 63.2 Å². The Balaban J connectivity index is 1.48. The predicted molar refractivity (Wildman–Crippen MR) is 155 cm³/mol. The molecular formula is C28H27Cl2N5O2S. The molecule has 3 aromatic carbocycles. The molecule has 4 aromatic rings. The summed E-state index contributed by atoms with van der Waals surface area (Å²) in [6, 6.07) is 18.0. The summed E-state index contributed by atoms with van der Waals surface area (Å²) in [7, 11) is 0. The van der Waals surface area contributed by atoms with Crippen LogP contribution in [0.3, 0.4) is 0 Å². The van der Waals surface area contributed by atoms with Crippen molar-refractivity contribution in [1.82, 2.24) is 20.1 Å². The Kier molecular flexibility index (Phi) is 9.09. The number of carbonyl (C=O) groups excluding carboxylic acids is 2. The van der Waals surface area contributed by atoms with E-state index in [0.29, 0.717) is 28.1 Å². The van der Waals surface area contributed by atoms with Crippen molar-refractivity contribution in [2.24, 2.45) is 5.92 Å². The minimum atomic E-state index is -0.456. The van der Waals surface area contributed by atoms with Crippen LogP contribution in [0.5, 0.6) is 0 Å². The molecule has 1 heterocycles. The summed E-state index contributed by atoms with van der Waals surface area (Å²) in [5.74, 6) is 0.192. The van der Waals surface area contributed by atoms with Crippen molar-refractivity contribution in [2.45, 2.75) is 31.6 Å². The molecule has 0 aliphatic heterocycles. The Bertz CT molecular complexity index is 1490. The molecule has 0 aliphatic rings. The first-order valence-electron chi connectivity index (χ1n) is 12.0. The van der Waals surface area contributed by atoms with E-state index in [-0.39, 0.29) is 28.5 Å². The highest BCUT2D eigenvalue weighted by atomic mass is 35.5. The van der Waals surface area contributed by atoms with Crippen LogP contribution in [0.15, 0.2) is 78.5 Å². The van der Waals surface area contributed by atoms with Crippen molar-refractivity contribution in [3.05, 3.63) is 94.8 Å². The normalized spacial score (nSPS) is 11.9. The monoisotopic (exact) mass is 567 g/mol. The number of aromatic nitrogens is 3. The van der Waals surface area contributed by atoms with E-state index in [4.69, 9.17) is 23.2 Å². The Morgan fingerprint density at radius 1 is 1.05 bits per heavy atom. The van der Waals surface area contributed by atoms with Crippen molar-refractivity contribution in [3.8, 4) is 0 Å². The SMILES string of the molecule is C=CCn1c(SCC(=O)Nc2ccc3ccccc3c2)nnc1[C@H](NC(=O)c1ccc(Cl)cc1Cl)C(C)C. The van der Waals surface area contributed by atoms with E-state index in [1.807, 2.05) is 60.9 Å². The van der Waals surface area contributed by atoms with Gasteiger partial charge in [0.05, 0.1) is 22.4 Å². The molecule has 1 atom stereocenters. The minimum absolute atomic E-state index is 0.00755. The average molecular weight is 569 g/mol. The lowest BCUT2D eigenvalue weighted by Crippen LogP contribution is -2.34. The van der Waals surface area contributed by atoms with E-state index in [1.54, 1.807) is 18.2 Å². The topological polar surface area (TPSA) is 88.9 Å². The third-order valence-electron chi connectivity index (χ3n) is 5.83. The molecular weight excluding hydrogens is 541 g/mol. The van der Waals surface area contributed by atoms with Gasteiger partial charge in [-0.3, -0.25) is 9.59 Å². The average Bonchev–Trinajstić information content (AvgIpc) is 3.28. The molecule has 0 saturated heterocycles. The summed E-state index contributed by atoms with van der Waals surface area (Å²) in [6.45, 7) is 8.21. The third kappa shape index (κ3) is 6.56. The van der Waals surface area contributed by atoms with E-state index < -0.39 is 6.04 Å². The molecule has 38 heavy (non-hydrogen) atoms. The molecule has 2 N–H and O–H groups in total. The highest BCUT2D eigenvalue weighted by Gasteiger charge is 2.27. The smallest absolute Gasteiger partial charge is 0.253 e. The van der Waals surface area contributed by atoms with Gasteiger partial charge in [0.25, 0.3) is 5.91 Å². The number of halogens is 2. The fourth-order valence-electron chi connectivity index (χ4n) is 3.95. The van der Waals surface area contributed by atoms with E-state index in [1.165, 1.54) is 17.8 Å². The van der Waals surface area contributed by atoms with Gasteiger partial charge in [0, 0.05) is 17.3 Å². The summed E-state index contributed by atoms with van der Waals surface area (Å²) in [5.41, 5.74) is 1.04. The molecule has 196 valence electrons. The lowest BCUT2D eigenvalue weighted by atomic mass is 10.0. The van der Waals surface area contributed by atoms with Crippen LogP contribution in [0.2, 0.25) is 10.0 Å². The zero-order valence-corrected chi connectivity index (χ0v) is 23.3. The first-order valence-corrected chi connectivity index (χ1v) is 13.7. The van der Waals surface area contributed by atoms with Gasteiger partial charge in [-0.05, 0) is 47.0 Å². The summed E-state index contributed by atoms with van der Waals surface area (Å²) < 4.78 is 1.86. The second-order valence-electron chi connectivity index (χ2n) is 8.96. The molecule has 0 bridgehead atoms. The largest absolute Gasteiger partial charge is 0.342 e. The summed E-state index contributed by atoms with van der Waals surface area (Å²) in [4.78, 5) is 25.7. The molecule has 0 saturated carbocycles. The van der Waals surface area contributed by atoms with E-state index >= 15 is 0 Å². The predicted octanol–water partition coefficient (Wildman–Crippen LogP) is 6.78. The maximum Gasteiger partial charge on any atom is 0.253 e. The quantitative estimate of drug-likeness (QED) is 0.163. The number of nitrogens with zero attached hydrogens (tertiary/aromatic N) is 3. The second-order valence-corrected chi connectivity index (χ2v) is 10.7. The Labute approximate surface area is 235 Å². The zero-order chi connectivity index (χ0) is 27.2. The van der Waals surface area contributed by atoms with Crippen LogP contribution in [-0.4, -0.2) is 32.3 Å². The van der Waals surface area contributed by atoms with Crippen LogP contribution in [0.1, 0.15) is 36.1 Å². The van der Waals surface area contributed by atoms with Gasteiger partial charge in [-0.1, -0.05) is 85.2 Å². The van der Waals surface area contributed by atoms with Crippen LogP contribution in [0, 0.1) is 5.92 Å². The molecule has 0 aliphatic carbocycles. The number of rotatable bonds is 10. The van der Waals surface area contributed by atoms with Crippen LogP contribution < -0.4 is 10.6 Å². The van der Waals surface area contributed by atoms with E-state index in [2.05, 4.69) is 27.4 Å². The van der Waals surface area contributed by atoms with Gasteiger partial charge in [-0.25, -0.2) is 0 Å². The van der Waals surface area contributed by atoms with Crippen LogP contribution in [0.25, 0.3) is 10.8 Å². The fourth-order valence-corrected chi connectivity index (χ4v) is 5.20. The number of fused-ring (bicyclic) bond motifs is 1. The van der Waals surface area contributed by atoms with Crippen LogP contribution in [0.4, 0.5) is 5.69 Å². The fraction of sp³-hybridized carbons (Fsp3) is 0.214. The van der Waals surface area contributed by atoms with Gasteiger partial charge in [-0.2, -0.15) is 0 Å². The standard InChI is InChI=1S/C28H27Cl2N5O2S/c1-4-13-35-26(25(17(2)3)32-27(37)22-12-10-20(29)15-23(22)30)33-34-28(35)38-16-24(36)31-21-11-9-18-7-5-6-8-19(18)14-21/h4-12,14-15,17,25H,1,13,16H2,2-3H3,(H,31,36)(H,32,37)/t25-/m1/s1. The molecule has 7 nitrogen and oxygen atoms in total. The van der Waals surface area contributed by atoms with Gasteiger partial charge in [0.1, 0.15) is 0 Å². The van der Waals surface area contributed by atoms with Crippen molar-refractivity contribution < 1.29 is 9.59 Å². The molecule has 1 aromatic heterocycles. The Morgan fingerprint density at radius 2 is 1.82 bits per heavy atom. The van der Waals surface area contributed by atoms with Gasteiger partial charge in [0.2, 0.25) is 5.91 Å². The summed E-state index contributed by atoms with van der Waals surface area (Å²) in [6.07, 6.45) is 1.72. The van der Waals surface area contributed by atoms with Gasteiger partial charge < -0.3 is 15.2 Å². The molecule has 4 rings (SSSR count). The van der Waals surface area contributed by atoms with Crippen molar-refractivity contribution in [2.75, 3.05) is 11.1 Å². The zero-order valence-electron chi connectivity index (χ0n) is 20.9. The maximum absolute atomic E-state index is 13.0. The van der Waals surface area contributed by atoms with E-state index in [0.717, 1.165) is 16.5 Å². The maximum atomic E-state index is 13.0. The highest BCUT2D eigenvalue weighted by molar-refractivity contribution is 7.99. The molecule has 0 unspecified atom stereocenters. The number of hydrogen-bond acceptors (Lipinski definition) is 5. The van der Waals surface area contributed by atoms with Gasteiger partial charge in [0.15, 0.2) is 11.0 Å². The van der Waals surface area contributed by atoms with E-state index in [9.17, 15) is 9.59 Å². The van der Waals surface area contributed by atoms with Gasteiger partial charge >= 0.3 is 0 Å². The molecule has 0 spiro atoms. The van der Waals surface area contributed by atoms with Crippen LogP contribution >= 0.6 is 35.0 Å². The number of allylic oxidation sites excluding steroid dienone is 1. The molecule has 2 amide bonds. The molecule has 0 fully saturated rings. The van der Waals surface area contributed by atoms with Crippen LogP contribution in [-0.2, 0) is 11.3 Å². The number of benzene rings is 3.